The van der Waals surface area contributed by atoms with E-state index in [0.29, 0.717) is 6.54 Å². The fourth-order valence-electron chi connectivity index (χ4n) is 2.35. The van der Waals surface area contributed by atoms with Crippen molar-refractivity contribution >= 4 is 0 Å². The second-order valence-corrected chi connectivity index (χ2v) is 4.38. The summed E-state index contributed by atoms with van der Waals surface area (Å²) in [5, 5.41) is 18.3. The van der Waals surface area contributed by atoms with Crippen LogP contribution in [0.3, 0.4) is 0 Å². The van der Waals surface area contributed by atoms with E-state index in [1.807, 2.05) is 35.2 Å². The summed E-state index contributed by atoms with van der Waals surface area (Å²) in [7, 11) is 0. The van der Waals surface area contributed by atoms with Gasteiger partial charge in [-0.05, 0) is 24.8 Å². The SMILES string of the molecule is N#C[C@@H]1CCC[C@H](C#N)N1Cc1ccccc1. The molecule has 1 fully saturated rings. The number of hydrogen-bond donors (Lipinski definition) is 0. The van der Waals surface area contributed by atoms with E-state index in [1.54, 1.807) is 0 Å². The summed E-state index contributed by atoms with van der Waals surface area (Å²) in [6.45, 7) is 0.692. The second kappa shape index (κ2) is 5.48. The number of nitrogens with zero attached hydrogens (tertiary/aromatic N) is 3. The van der Waals surface area contributed by atoms with Crippen LogP contribution in [-0.2, 0) is 6.54 Å². The van der Waals surface area contributed by atoms with Gasteiger partial charge in [0.25, 0.3) is 0 Å². The van der Waals surface area contributed by atoms with Gasteiger partial charge in [-0.25, -0.2) is 0 Å². The standard InChI is InChI=1S/C14H15N3/c15-9-13-7-4-8-14(10-16)17(13)11-12-5-2-1-3-6-12/h1-3,5-6,13-14H,4,7-8,11H2/t13-,14+. The van der Waals surface area contributed by atoms with Crippen LogP contribution < -0.4 is 0 Å². The van der Waals surface area contributed by atoms with Gasteiger partial charge in [0.15, 0.2) is 0 Å². The molecule has 1 aromatic carbocycles. The van der Waals surface area contributed by atoms with Crippen molar-refractivity contribution in [3.05, 3.63) is 35.9 Å². The van der Waals surface area contributed by atoms with E-state index in [1.165, 1.54) is 0 Å². The summed E-state index contributed by atoms with van der Waals surface area (Å²) in [6, 6.07) is 14.4. The molecule has 1 aliphatic rings. The van der Waals surface area contributed by atoms with Crippen LogP contribution in [0.25, 0.3) is 0 Å². The molecule has 0 bridgehead atoms. The summed E-state index contributed by atoms with van der Waals surface area (Å²) in [5.74, 6) is 0. The van der Waals surface area contributed by atoms with Gasteiger partial charge in [-0.2, -0.15) is 10.5 Å². The maximum Gasteiger partial charge on any atom is 0.0991 e. The van der Waals surface area contributed by atoms with Gasteiger partial charge < -0.3 is 0 Å². The molecule has 0 aromatic heterocycles. The Hall–Kier alpha value is -1.84. The molecule has 0 saturated carbocycles. The molecule has 0 spiro atoms. The number of rotatable bonds is 2. The van der Waals surface area contributed by atoms with E-state index in [0.717, 1.165) is 24.8 Å². The first-order chi connectivity index (χ1) is 8.35. The molecule has 17 heavy (non-hydrogen) atoms. The fourth-order valence-corrected chi connectivity index (χ4v) is 2.35. The second-order valence-electron chi connectivity index (χ2n) is 4.38. The van der Waals surface area contributed by atoms with Gasteiger partial charge >= 0.3 is 0 Å². The lowest BCUT2D eigenvalue weighted by Crippen LogP contribution is -2.44. The molecule has 0 amide bonds. The molecule has 1 aliphatic heterocycles. The van der Waals surface area contributed by atoms with Crippen LogP contribution in [0, 0.1) is 22.7 Å². The largest absolute Gasteiger partial charge is 0.268 e. The average molecular weight is 225 g/mol. The Bertz CT molecular complexity index is 419. The van der Waals surface area contributed by atoms with Crippen molar-refractivity contribution in [1.29, 1.82) is 10.5 Å². The first kappa shape index (κ1) is 11.6. The van der Waals surface area contributed by atoms with Gasteiger partial charge in [-0.3, -0.25) is 4.90 Å². The fraction of sp³-hybridized carbons (Fsp3) is 0.429. The normalized spacial score (nSPS) is 24.8. The Kier molecular flexibility index (Phi) is 3.75. The van der Waals surface area contributed by atoms with E-state index < -0.39 is 0 Å². The molecular formula is C14H15N3. The van der Waals surface area contributed by atoms with E-state index in [4.69, 9.17) is 10.5 Å². The van der Waals surface area contributed by atoms with E-state index in [2.05, 4.69) is 12.1 Å². The van der Waals surface area contributed by atoms with Crippen molar-refractivity contribution in [3.8, 4) is 12.1 Å². The zero-order valence-electron chi connectivity index (χ0n) is 9.71. The summed E-state index contributed by atoms with van der Waals surface area (Å²) in [6.07, 6.45) is 2.73. The number of nitriles is 2. The summed E-state index contributed by atoms with van der Waals surface area (Å²) in [4.78, 5) is 2.03. The lowest BCUT2D eigenvalue weighted by atomic mass is 9.96. The minimum atomic E-state index is -0.117. The van der Waals surface area contributed by atoms with Crippen LogP contribution >= 0.6 is 0 Å². The maximum absolute atomic E-state index is 9.15. The lowest BCUT2D eigenvalue weighted by Gasteiger charge is -2.35. The first-order valence-electron chi connectivity index (χ1n) is 5.94. The van der Waals surface area contributed by atoms with Gasteiger partial charge in [0, 0.05) is 6.54 Å². The van der Waals surface area contributed by atoms with Crippen molar-refractivity contribution in [2.24, 2.45) is 0 Å². The molecular weight excluding hydrogens is 210 g/mol. The number of benzene rings is 1. The quantitative estimate of drug-likeness (QED) is 0.776. The van der Waals surface area contributed by atoms with Gasteiger partial charge in [-0.15, -0.1) is 0 Å². The zero-order chi connectivity index (χ0) is 12.1. The summed E-state index contributed by atoms with van der Waals surface area (Å²) in [5.41, 5.74) is 1.16. The molecule has 3 nitrogen and oxygen atoms in total. The smallest absolute Gasteiger partial charge is 0.0991 e. The predicted molar refractivity (Wildman–Crippen MR) is 64.6 cm³/mol. The minimum Gasteiger partial charge on any atom is -0.268 e. The number of piperidine rings is 1. The molecule has 2 atom stereocenters. The van der Waals surface area contributed by atoms with Crippen molar-refractivity contribution in [2.75, 3.05) is 0 Å². The van der Waals surface area contributed by atoms with Crippen molar-refractivity contribution in [2.45, 2.75) is 37.9 Å². The molecule has 0 unspecified atom stereocenters. The molecule has 0 N–H and O–H groups in total. The van der Waals surface area contributed by atoms with Crippen LogP contribution in [0.4, 0.5) is 0 Å². The highest BCUT2D eigenvalue weighted by Crippen LogP contribution is 2.24. The van der Waals surface area contributed by atoms with Crippen molar-refractivity contribution in [1.82, 2.24) is 4.90 Å². The minimum absolute atomic E-state index is 0.117. The monoisotopic (exact) mass is 225 g/mol. The van der Waals surface area contributed by atoms with E-state index >= 15 is 0 Å². The highest BCUT2D eigenvalue weighted by molar-refractivity contribution is 5.16. The number of likely N-dealkylation sites (tertiary alicyclic amines) is 1. The topological polar surface area (TPSA) is 50.8 Å². The van der Waals surface area contributed by atoms with Gasteiger partial charge in [0.1, 0.15) is 0 Å². The van der Waals surface area contributed by atoms with E-state index in [9.17, 15) is 0 Å². The molecule has 3 heteroatoms. The molecule has 0 radical (unpaired) electrons. The third-order valence-corrected chi connectivity index (χ3v) is 3.26. The van der Waals surface area contributed by atoms with Crippen LogP contribution in [0.1, 0.15) is 24.8 Å². The third-order valence-electron chi connectivity index (χ3n) is 3.26. The first-order valence-corrected chi connectivity index (χ1v) is 5.94. The predicted octanol–water partition coefficient (Wildman–Crippen LogP) is 2.46. The Labute approximate surface area is 102 Å². The van der Waals surface area contributed by atoms with Gasteiger partial charge in [-0.1, -0.05) is 30.3 Å². The Balaban J connectivity index is 2.15. The van der Waals surface area contributed by atoms with Crippen LogP contribution in [0.2, 0.25) is 0 Å². The molecule has 1 heterocycles. The molecule has 2 rings (SSSR count). The van der Waals surface area contributed by atoms with E-state index in [-0.39, 0.29) is 12.1 Å². The summed E-state index contributed by atoms with van der Waals surface area (Å²) < 4.78 is 0. The molecule has 1 aromatic rings. The summed E-state index contributed by atoms with van der Waals surface area (Å²) >= 11 is 0. The average Bonchev–Trinajstić information content (AvgIpc) is 2.40. The van der Waals surface area contributed by atoms with Crippen LogP contribution in [0.5, 0.6) is 0 Å². The zero-order valence-corrected chi connectivity index (χ0v) is 9.71. The molecule has 0 aliphatic carbocycles. The van der Waals surface area contributed by atoms with Gasteiger partial charge in [0.05, 0.1) is 24.2 Å². The Morgan fingerprint density at radius 1 is 1.06 bits per heavy atom. The Morgan fingerprint density at radius 3 is 2.18 bits per heavy atom. The third kappa shape index (κ3) is 2.64. The van der Waals surface area contributed by atoms with Crippen molar-refractivity contribution in [3.63, 3.8) is 0 Å². The van der Waals surface area contributed by atoms with Gasteiger partial charge in [0.2, 0.25) is 0 Å². The highest BCUT2D eigenvalue weighted by Gasteiger charge is 2.30. The number of hydrogen-bond acceptors (Lipinski definition) is 3. The highest BCUT2D eigenvalue weighted by atomic mass is 15.2. The van der Waals surface area contributed by atoms with Crippen LogP contribution in [-0.4, -0.2) is 17.0 Å². The molecule has 1 saturated heterocycles. The van der Waals surface area contributed by atoms with Crippen LogP contribution in [0.15, 0.2) is 30.3 Å². The maximum atomic E-state index is 9.15. The lowest BCUT2D eigenvalue weighted by molar-refractivity contribution is 0.136. The Morgan fingerprint density at radius 2 is 1.65 bits per heavy atom. The van der Waals surface area contributed by atoms with Crippen molar-refractivity contribution < 1.29 is 0 Å². The molecule has 86 valence electrons.